The Morgan fingerprint density at radius 3 is 2.04 bits per heavy atom. The van der Waals surface area contributed by atoms with Crippen molar-refractivity contribution >= 4 is 17.5 Å². The SMILES string of the molecule is O=C(c1ccc(F)cc1)N1CCN(c2cc(N3CCCCC3)ncn2)CC1. The van der Waals surface area contributed by atoms with Crippen LogP contribution < -0.4 is 9.80 Å². The molecule has 2 saturated heterocycles. The first kappa shape index (κ1) is 17.7. The zero-order chi connectivity index (χ0) is 18.6. The fourth-order valence-electron chi connectivity index (χ4n) is 3.72. The Kier molecular flexibility index (Phi) is 5.18. The Balaban J connectivity index is 1.39. The standard InChI is InChI=1S/C20H24FN5O/c21-17-6-4-16(5-7-17)20(27)26-12-10-25(11-13-26)19-14-18(22-15-23-19)24-8-2-1-3-9-24/h4-7,14-15H,1-3,8-13H2. The number of rotatable bonds is 3. The maximum Gasteiger partial charge on any atom is 0.253 e. The lowest BCUT2D eigenvalue weighted by Gasteiger charge is -2.36. The number of anilines is 2. The topological polar surface area (TPSA) is 52.6 Å². The lowest BCUT2D eigenvalue weighted by Crippen LogP contribution is -2.49. The Labute approximate surface area is 158 Å². The summed E-state index contributed by atoms with van der Waals surface area (Å²) in [6.07, 6.45) is 5.35. The van der Waals surface area contributed by atoms with Gasteiger partial charge in [0, 0.05) is 50.9 Å². The van der Waals surface area contributed by atoms with Gasteiger partial charge in [-0.25, -0.2) is 14.4 Å². The molecule has 0 bridgehead atoms. The smallest absolute Gasteiger partial charge is 0.253 e. The van der Waals surface area contributed by atoms with Crippen LogP contribution in [-0.2, 0) is 0 Å². The number of carbonyl (C=O) groups excluding carboxylic acids is 1. The van der Waals surface area contributed by atoms with Crippen molar-refractivity contribution in [2.75, 3.05) is 49.1 Å². The molecule has 0 radical (unpaired) electrons. The summed E-state index contributed by atoms with van der Waals surface area (Å²) in [5.41, 5.74) is 0.527. The van der Waals surface area contributed by atoms with Gasteiger partial charge in [0.05, 0.1) is 0 Å². The highest BCUT2D eigenvalue weighted by Crippen LogP contribution is 2.22. The van der Waals surface area contributed by atoms with Crippen molar-refractivity contribution in [3.05, 3.63) is 48.0 Å². The van der Waals surface area contributed by atoms with Gasteiger partial charge in [0.15, 0.2) is 0 Å². The lowest BCUT2D eigenvalue weighted by atomic mass is 10.1. The molecular weight excluding hydrogens is 345 g/mol. The van der Waals surface area contributed by atoms with Crippen molar-refractivity contribution in [3.63, 3.8) is 0 Å². The molecule has 142 valence electrons. The van der Waals surface area contributed by atoms with Gasteiger partial charge in [-0.15, -0.1) is 0 Å². The molecule has 0 aliphatic carbocycles. The number of aromatic nitrogens is 2. The van der Waals surface area contributed by atoms with E-state index < -0.39 is 0 Å². The van der Waals surface area contributed by atoms with Crippen LogP contribution in [0, 0.1) is 5.82 Å². The third-order valence-electron chi connectivity index (χ3n) is 5.30. The van der Waals surface area contributed by atoms with E-state index in [2.05, 4.69) is 25.8 Å². The molecule has 7 heteroatoms. The normalized spacial score (nSPS) is 17.9. The van der Waals surface area contributed by atoms with Gasteiger partial charge in [-0.05, 0) is 43.5 Å². The molecule has 1 amide bonds. The van der Waals surface area contributed by atoms with Crippen LogP contribution >= 0.6 is 0 Å². The second-order valence-corrected chi connectivity index (χ2v) is 7.07. The minimum Gasteiger partial charge on any atom is -0.356 e. The Hall–Kier alpha value is -2.70. The van der Waals surface area contributed by atoms with Crippen molar-refractivity contribution in [2.24, 2.45) is 0 Å². The third kappa shape index (κ3) is 4.02. The number of hydrogen-bond acceptors (Lipinski definition) is 5. The highest BCUT2D eigenvalue weighted by Gasteiger charge is 2.23. The monoisotopic (exact) mass is 369 g/mol. The molecule has 0 saturated carbocycles. The van der Waals surface area contributed by atoms with E-state index in [1.54, 1.807) is 18.5 Å². The van der Waals surface area contributed by atoms with Crippen LogP contribution in [0.15, 0.2) is 36.7 Å². The largest absolute Gasteiger partial charge is 0.356 e. The second kappa shape index (κ2) is 7.90. The Morgan fingerprint density at radius 2 is 1.41 bits per heavy atom. The molecule has 0 atom stereocenters. The van der Waals surface area contributed by atoms with Crippen LogP contribution in [-0.4, -0.2) is 60.0 Å². The van der Waals surface area contributed by atoms with Crippen molar-refractivity contribution in [1.29, 1.82) is 0 Å². The number of piperazine rings is 1. The quantitative estimate of drug-likeness (QED) is 0.832. The zero-order valence-corrected chi connectivity index (χ0v) is 15.4. The van der Waals surface area contributed by atoms with Crippen LogP contribution in [0.2, 0.25) is 0 Å². The molecule has 0 spiro atoms. The molecular formula is C20H24FN5O. The predicted molar refractivity (Wildman–Crippen MR) is 103 cm³/mol. The predicted octanol–water partition coefficient (Wildman–Crippen LogP) is 2.57. The van der Waals surface area contributed by atoms with E-state index in [-0.39, 0.29) is 11.7 Å². The van der Waals surface area contributed by atoms with Gasteiger partial charge < -0.3 is 14.7 Å². The van der Waals surface area contributed by atoms with E-state index in [0.717, 1.165) is 37.8 Å². The van der Waals surface area contributed by atoms with Crippen molar-refractivity contribution in [1.82, 2.24) is 14.9 Å². The maximum absolute atomic E-state index is 13.1. The number of benzene rings is 1. The van der Waals surface area contributed by atoms with E-state index >= 15 is 0 Å². The van der Waals surface area contributed by atoms with Crippen LogP contribution in [0.25, 0.3) is 0 Å². The minimum atomic E-state index is -0.329. The molecule has 3 heterocycles. The number of carbonyl (C=O) groups is 1. The molecule has 1 aromatic heterocycles. The van der Waals surface area contributed by atoms with E-state index in [0.29, 0.717) is 18.7 Å². The number of nitrogens with zero attached hydrogens (tertiary/aromatic N) is 5. The molecule has 2 aliphatic heterocycles. The van der Waals surface area contributed by atoms with Crippen molar-refractivity contribution in [3.8, 4) is 0 Å². The summed E-state index contributed by atoms with van der Waals surface area (Å²) in [6.45, 7) is 4.80. The average Bonchev–Trinajstić information content (AvgIpc) is 2.75. The minimum absolute atomic E-state index is 0.0497. The van der Waals surface area contributed by atoms with E-state index in [1.165, 1.54) is 31.4 Å². The van der Waals surface area contributed by atoms with Gasteiger partial charge in [0.1, 0.15) is 23.8 Å². The van der Waals surface area contributed by atoms with Gasteiger partial charge in [0.25, 0.3) is 5.91 Å². The fraction of sp³-hybridized carbons (Fsp3) is 0.450. The van der Waals surface area contributed by atoms with Gasteiger partial charge in [-0.1, -0.05) is 0 Å². The molecule has 1 aromatic carbocycles. The number of piperidine rings is 1. The molecule has 6 nitrogen and oxygen atoms in total. The highest BCUT2D eigenvalue weighted by molar-refractivity contribution is 5.94. The Morgan fingerprint density at radius 1 is 0.815 bits per heavy atom. The van der Waals surface area contributed by atoms with E-state index in [9.17, 15) is 9.18 Å². The van der Waals surface area contributed by atoms with Crippen molar-refractivity contribution < 1.29 is 9.18 Å². The molecule has 4 rings (SSSR count). The van der Waals surface area contributed by atoms with Crippen LogP contribution in [0.4, 0.5) is 16.0 Å². The van der Waals surface area contributed by atoms with Crippen LogP contribution in [0.3, 0.4) is 0 Å². The van der Waals surface area contributed by atoms with Crippen LogP contribution in [0.5, 0.6) is 0 Å². The first-order valence-electron chi connectivity index (χ1n) is 9.57. The average molecular weight is 369 g/mol. The Bertz CT molecular complexity index is 783. The highest BCUT2D eigenvalue weighted by atomic mass is 19.1. The molecule has 0 unspecified atom stereocenters. The van der Waals surface area contributed by atoms with Crippen LogP contribution in [0.1, 0.15) is 29.6 Å². The van der Waals surface area contributed by atoms with Gasteiger partial charge in [-0.3, -0.25) is 4.79 Å². The zero-order valence-electron chi connectivity index (χ0n) is 15.4. The second-order valence-electron chi connectivity index (χ2n) is 7.07. The summed E-state index contributed by atoms with van der Waals surface area (Å²) in [5.74, 6) is 1.53. The van der Waals surface area contributed by atoms with Gasteiger partial charge >= 0.3 is 0 Å². The van der Waals surface area contributed by atoms with E-state index in [1.807, 2.05) is 4.90 Å². The third-order valence-corrected chi connectivity index (χ3v) is 5.30. The first-order valence-corrected chi connectivity index (χ1v) is 9.57. The summed E-state index contributed by atoms with van der Waals surface area (Å²) in [5, 5.41) is 0. The van der Waals surface area contributed by atoms with Gasteiger partial charge in [-0.2, -0.15) is 0 Å². The maximum atomic E-state index is 13.1. The summed E-state index contributed by atoms with van der Waals surface area (Å²) < 4.78 is 13.1. The lowest BCUT2D eigenvalue weighted by molar-refractivity contribution is 0.0746. The van der Waals surface area contributed by atoms with E-state index in [4.69, 9.17) is 0 Å². The number of hydrogen-bond donors (Lipinski definition) is 0. The van der Waals surface area contributed by atoms with Crippen molar-refractivity contribution in [2.45, 2.75) is 19.3 Å². The summed E-state index contributed by atoms with van der Waals surface area (Å²) in [7, 11) is 0. The number of halogens is 1. The van der Waals surface area contributed by atoms with Gasteiger partial charge in [0.2, 0.25) is 0 Å². The summed E-state index contributed by atoms with van der Waals surface area (Å²) in [4.78, 5) is 27.8. The molecule has 2 fully saturated rings. The summed E-state index contributed by atoms with van der Waals surface area (Å²) >= 11 is 0. The molecule has 2 aromatic rings. The number of amides is 1. The summed E-state index contributed by atoms with van der Waals surface area (Å²) in [6, 6.07) is 7.79. The molecule has 2 aliphatic rings. The first-order chi connectivity index (χ1) is 13.2. The molecule has 27 heavy (non-hydrogen) atoms. The molecule has 0 N–H and O–H groups in total. The fourth-order valence-corrected chi connectivity index (χ4v) is 3.72.